The molecule has 2 N–H and O–H groups in total. The summed E-state index contributed by atoms with van der Waals surface area (Å²) < 4.78 is 29.2. The number of rotatable bonds is 3. The van der Waals surface area contributed by atoms with Gasteiger partial charge in [-0.05, 0) is 35.8 Å². The maximum atomic E-state index is 13.8. The third-order valence-corrected chi connectivity index (χ3v) is 3.48. The van der Waals surface area contributed by atoms with Crippen molar-refractivity contribution in [1.82, 2.24) is 9.78 Å². The molecule has 0 saturated carbocycles. The van der Waals surface area contributed by atoms with Crippen molar-refractivity contribution in [2.45, 2.75) is 25.9 Å². The molecule has 0 bridgehead atoms. The first-order valence-electron chi connectivity index (χ1n) is 5.85. The molecule has 0 spiro atoms. The van der Waals surface area contributed by atoms with E-state index in [-0.39, 0.29) is 11.6 Å². The summed E-state index contributed by atoms with van der Waals surface area (Å²) in [6.07, 6.45) is 1.62. The molecule has 102 valence electrons. The van der Waals surface area contributed by atoms with E-state index in [1.807, 2.05) is 13.8 Å². The monoisotopic (exact) mass is 329 g/mol. The second-order valence-corrected chi connectivity index (χ2v) is 5.41. The van der Waals surface area contributed by atoms with Gasteiger partial charge in [-0.1, -0.05) is 6.07 Å². The Balaban J connectivity index is 2.49. The number of hydrogen-bond donors (Lipinski definition) is 1. The quantitative estimate of drug-likeness (QED) is 0.935. The lowest BCUT2D eigenvalue weighted by molar-refractivity contribution is 0.491. The summed E-state index contributed by atoms with van der Waals surface area (Å²) >= 11 is 3.36. The number of benzene rings is 1. The third kappa shape index (κ3) is 2.69. The minimum Gasteiger partial charge on any atom is -0.319 e. The van der Waals surface area contributed by atoms with Gasteiger partial charge in [-0.3, -0.25) is 4.68 Å². The molecule has 1 aromatic heterocycles. The predicted molar refractivity (Wildman–Crippen MR) is 72.7 cm³/mol. The largest absolute Gasteiger partial charge is 0.319 e. The van der Waals surface area contributed by atoms with E-state index in [4.69, 9.17) is 5.73 Å². The molecule has 0 fully saturated rings. The van der Waals surface area contributed by atoms with E-state index < -0.39 is 17.7 Å². The highest BCUT2D eigenvalue weighted by molar-refractivity contribution is 9.10. The molecule has 2 aromatic rings. The molecule has 6 heteroatoms. The van der Waals surface area contributed by atoms with E-state index in [2.05, 4.69) is 21.0 Å². The molecule has 0 aliphatic carbocycles. The minimum atomic E-state index is -0.708. The molecule has 1 aromatic carbocycles. The molecular formula is C13H14BrF2N3. The summed E-state index contributed by atoms with van der Waals surface area (Å²) in [5.41, 5.74) is 7.01. The number of nitrogens with zero attached hydrogens (tertiary/aromatic N) is 2. The fourth-order valence-corrected chi connectivity index (χ4v) is 2.47. The maximum Gasteiger partial charge on any atom is 0.131 e. The van der Waals surface area contributed by atoms with Gasteiger partial charge in [-0.25, -0.2) is 8.78 Å². The van der Waals surface area contributed by atoms with Crippen LogP contribution in [0, 0.1) is 11.6 Å². The molecule has 0 aliphatic rings. The lowest BCUT2D eigenvalue weighted by atomic mass is 10.0. The minimum absolute atomic E-state index is 0.0934. The van der Waals surface area contributed by atoms with Gasteiger partial charge in [-0.15, -0.1) is 0 Å². The fourth-order valence-electron chi connectivity index (χ4n) is 1.95. The smallest absolute Gasteiger partial charge is 0.131 e. The van der Waals surface area contributed by atoms with Crippen LogP contribution in [0.1, 0.15) is 37.2 Å². The molecule has 0 radical (unpaired) electrons. The van der Waals surface area contributed by atoms with Gasteiger partial charge in [0.25, 0.3) is 0 Å². The Morgan fingerprint density at radius 1 is 1.32 bits per heavy atom. The van der Waals surface area contributed by atoms with E-state index in [0.29, 0.717) is 10.2 Å². The number of nitrogens with two attached hydrogens (primary N) is 1. The topological polar surface area (TPSA) is 43.8 Å². The van der Waals surface area contributed by atoms with E-state index in [1.54, 1.807) is 10.9 Å². The van der Waals surface area contributed by atoms with Gasteiger partial charge in [0, 0.05) is 17.7 Å². The van der Waals surface area contributed by atoms with Crippen molar-refractivity contribution < 1.29 is 8.78 Å². The lowest BCUT2D eigenvalue weighted by Gasteiger charge is -2.18. The Bertz CT molecular complexity index is 596. The lowest BCUT2D eigenvalue weighted by Crippen LogP contribution is -2.20. The van der Waals surface area contributed by atoms with Gasteiger partial charge >= 0.3 is 0 Å². The zero-order valence-electron chi connectivity index (χ0n) is 10.6. The Labute approximate surface area is 118 Å². The van der Waals surface area contributed by atoms with Gasteiger partial charge < -0.3 is 5.73 Å². The zero-order valence-corrected chi connectivity index (χ0v) is 12.2. The van der Waals surface area contributed by atoms with E-state index in [9.17, 15) is 8.78 Å². The molecule has 3 nitrogen and oxygen atoms in total. The highest BCUT2D eigenvalue weighted by atomic mass is 79.9. The van der Waals surface area contributed by atoms with Gasteiger partial charge in [-0.2, -0.15) is 5.10 Å². The third-order valence-electron chi connectivity index (χ3n) is 2.87. The summed E-state index contributed by atoms with van der Waals surface area (Å²) in [5.74, 6) is -1.28. The van der Waals surface area contributed by atoms with Crippen molar-refractivity contribution in [2.75, 3.05) is 0 Å². The fraction of sp³-hybridized carbons (Fsp3) is 0.308. The highest BCUT2D eigenvalue weighted by Gasteiger charge is 2.22. The van der Waals surface area contributed by atoms with Crippen molar-refractivity contribution in [1.29, 1.82) is 0 Å². The number of halogens is 3. The molecule has 2 rings (SSSR count). The van der Waals surface area contributed by atoms with Crippen molar-refractivity contribution in [3.8, 4) is 0 Å². The first-order valence-corrected chi connectivity index (χ1v) is 6.64. The first kappa shape index (κ1) is 14.1. The summed E-state index contributed by atoms with van der Waals surface area (Å²) in [4.78, 5) is 0. The van der Waals surface area contributed by atoms with Crippen molar-refractivity contribution in [3.05, 3.63) is 51.8 Å². The zero-order chi connectivity index (χ0) is 14.2. The van der Waals surface area contributed by atoms with Crippen LogP contribution in [0.25, 0.3) is 0 Å². The van der Waals surface area contributed by atoms with Gasteiger partial charge in [0.05, 0.1) is 22.4 Å². The van der Waals surface area contributed by atoms with Crippen LogP contribution in [0.15, 0.2) is 28.9 Å². The number of hydrogen-bond acceptors (Lipinski definition) is 2. The van der Waals surface area contributed by atoms with E-state index in [1.165, 1.54) is 12.1 Å². The molecule has 1 unspecified atom stereocenters. The summed E-state index contributed by atoms with van der Waals surface area (Å²) in [5, 5.41) is 4.20. The van der Waals surface area contributed by atoms with Crippen LogP contribution in [0.2, 0.25) is 0 Å². The average Bonchev–Trinajstić information content (AvgIpc) is 2.70. The van der Waals surface area contributed by atoms with E-state index >= 15 is 0 Å². The van der Waals surface area contributed by atoms with Crippen molar-refractivity contribution in [3.63, 3.8) is 0 Å². The summed E-state index contributed by atoms with van der Waals surface area (Å²) in [7, 11) is 0. The van der Waals surface area contributed by atoms with Crippen LogP contribution in [-0.2, 0) is 0 Å². The normalized spacial score (nSPS) is 13.0. The molecule has 19 heavy (non-hydrogen) atoms. The SMILES string of the molecule is CC(C)n1ncc(Br)c1C(N)c1ccc(F)cc1F. The van der Waals surface area contributed by atoms with Crippen LogP contribution < -0.4 is 5.73 Å². The van der Waals surface area contributed by atoms with Crippen LogP contribution in [0.4, 0.5) is 8.78 Å². The molecular weight excluding hydrogens is 316 g/mol. The van der Waals surface area contributed by atoms with Crippen LogP contribution in [-0.4, -0.2) is 9.78 Å². The Morgan fingerprint density at radius 3 is 2.58 bits per heavy atom. The molecule has 0 aliphatic heterocycles. The van der Waals surface area contributed by atoms with Crippen LogP contribution in [0.3, 0.4) is 0 Å². The highest BCUT2D eigenvalue weighted by Crippen LogP contribution is 2.30. The van der Waals surface area contributed by atoms with Gasteiger partial charge in [0.15, 0.2) is 0 Å². The average molecular weight is 330 g/mol. The summed E-state index contributed by atoms with van der Waals surface area (Å²) in [6.45, 7) is 3.91. The van der Waals surface area contributed by atoms with Crippen LogP contribution >= 0.6 is 15.9 Å². The molecule has 1 heterocycles. The molecule has 0 saturated heterocycles. The van der Waals surface area contributed by atoms with Crippen molar-refractivity contribution >= 4 is 15.9 Å². The molecule has 0 amide bonds. The predicted octanol–water partition coefficient (Wildman–Crippen LogP) is 3.55. The van der Waals surface area contributed by atoms with Crippen molar-refractivity contribution in [2.24, 2.45) is 5.73 Å². The van der Waals surface area contributed by atoms with Crippen LogP contribution in [0.5, 0.6) is 0 Å². The van der Waals surface area contributed by atoms with E-state index in [0.717, 1.165) is 6.07 Å². The van der Waals surface area contributed by atoms with Gasteiger partial charge in [0.2, 0.25) is 0 Å². The van der Waals surface area contributed by atoms with Gasteiger partial charge in [0.1, 0.15) is 11.6 Å². The Morgan fingerprint density at radius 2 is 2.00 bits per heavy atom. The second-order valence-electron chi connectivity index (χ2n) is 4.56. The first-order chi connectivity index (χ1) is 8.91. The number of aromatic nitrogens is 2. The molecule has 1 atom stereocenters. The standard InChI is InChI=1S/C13H14BrF2N3/c1-7(2)19-13(10(14)6-18-19)12(17)9-4-3-8(15)5-11(9)16/h3-7,12H,17H2,1-2H3. The summed E-state index contributed by atoms with van der Waals surface area (Å²) in [6, 6.07) is 2.77. The maximum absolute atomic E-state index is 13.8. The Kier molecular flexibility index (Phi) is 4.01. The Hall–Kier alpha value is -1.27. The second kappa shape index (κ2) is 5.38.